The molecule has 0 saturated carbocycles. The Morgan fingerprint density at radius 2 is 1.41 bits per heavy atom. The Morgan fingerprint density at radius 3 is 2.03 bits per heavy atom. The molecule has 0 aromatic heterocycles. The fraction of sp³-hybridized carbons (Fsp3) is 0.0833. The smallest absolute Gasteiger partial charge is 0.412 e. The molecule has 1 N–H and O–H groups in total. The summed E-state index contributed by atoms with van der Waals surface area (Å²) in [6, 6.07) is 26.9. The molecule has 3 rings (SSSR count). The summed E-state index contributed by atoms with van der Waals surface area (Å²) < 4.78 is 9.93. The van der Waals surface area contributed by atoms with Crippen LogP contribution in [0.2, 0.25) is 0 Å². The molecule has 0 aliphatic rings. The largest absolute Gasteiger partial charge is 0.464 e. The zero-order valence-electron chi connectivity index (χ0n) is 16.0. The monoisotopic (exact) mass is 387 g/mol. The van der Waals surface area contributed by atoms with Crippen LogP contribution >= 0.6 is 0 Å². The fourth-order valence-electron chi connectivity index (χ4n) is 2.69. The van der Waals surface area contributed by atoms with E-state index in [9.17, 15) is 9.59 Å². The van der Waals surface area contributed by atoms with Gasteiger partial charge in [-0.1, -0.05) is 84.9 Å². The number of ether oxygens (including phenoxy) is 2. The van der Waals surface area contributed by atoms with Crippen LogP contribution in [0.5, 0.6) is 0 Å². The summed E-state index contributed by atoms with van der Waals surface area (Å²) in [6.45, 7) is 0.104. The summed E-state index contributed by atoms with van der Waals surface area (Å²) in [5.41, 5.74) is 3.74. The molecule has 3 aromatic rings. The van der Waals surface area contributed by atoms with E-state index < -0.39 is 12.1 Å². The lowest BCUT2D eigenvalue weighted by Crippen LogP contribution is -2.28. The molecule has 146 valence electrons. The number of methoxy groups -OCH3 is 1. The molecule has 0 aliphatic heterocycles. The molecule has 3 aromatic carbocycles. The number of nitrogens with one attached hydrogen (secondary N) is 1. The Hall–Kier alpha value is -3.86. The predicted octanol–water partition coefficient (Wildman–Crippen LogP) is 4.79. The Balaban J connectivity index is 1.70. The summed E-state index contributed by atoms with van der Waals surface area (Å²) in [5, 5.41) is 2.46. The molecule has 0 bridgehead atoms. The third kappa shape index (κ3) is 5.81. The zero-order chi connectivity index (χ0) is 20.5. The molecule has 0 fully saturated rings. The average Bonchev–Trinajstić information content (AvgIpc) is 2.78. The van der Waals surface area contributed by atoms with Crippen molar-refractivity contribution in [2.75, 3.05) is 7.11 Å². The van der Waals surface area contributed by atoms with E-state index in [0.717, 1.165) is 22.3 Å². The van der Waals surface area contributed by atoms with Crippen molar-refractivity contribution < 1.29 is 19.1 Å². The number of alkyl carbamates (subject to hydrolysis) is 1. The molecule has 5 heteroatoms. The van der Waals surface area contributed by atoms with Gasteiger partial charge >= 0.3 is 12.1 Å². The second-order valence-corrected chi connectivity index (χ2v) is 6.22. The van der Waals surface area contributed by atoms with Gasteiger partial charge in [0.1, 0.15) is 12.3 Å². The second-order valence-electron chi connectivity index (χ2n) is 6.22. The summed E-state index contributed by atoms with van der Waals surface area (Å²) >= 11 is 0. The topological polar surface area (TPSA) is 64.6 Å². The number of esters is 1. The maximum absolute atomic E-state index is 12.1. The molecule has 0 spiro atoms. The van der Waals surface area contributed by atoms with E-state index in [4.69, 9.17) is 9.47 Å². The maximum atomic E-state index is 12.1. The summed E-state index contributed by atoms with van der Waals surface area (Å²) in [5.74, 6) is -0.659. The van der Waals surface area contributed by atoms with Gasteiger partial charge in [-0.2, -0.15) is 0 Å². The van der Waals surface area contributed by atoms with Crippen LogP contribution in [0.1, 0.15) is 11.1 Å². The third-order valence-corrected chi connectivity index (χ3v) is 4.18. The van der Waals surface area contributed by atoms with Gasteiger partial charge in [0, 0.05) is 0 Å². The molecule has 29 heavy (non-hydrogen) atoms. The van der Waals surface area contributed by atoms with Crippen molar-refractivity contribution in [3.63, 3.8) is 0 Å². The highest BCUT2D eigenvalue weighted by Gasteiger charge is 2.14. The minimum absolute atomic E-state index is 0.00183. The lowest BCUT2D eigenvalue weighted by molar-refractivity contribution is -0.136. The van der Waals surface area contributed by atoms with Gasteiger partial charge in [-0.3, -0.25) is 5.32 Å². The standard InChI is InChI=1S/C24H21NO4/c1-28-23(26)22(25-24(27)29-17-19-8-4-2-5-9-19)16-18-12-14-21(15-13-18)20-10-6-3-7-11-20/h2-16H,17H2,1H3,(H,25,27)/b22-16+. The number of carbonyl (C=O) groups is 2. The fourth-order valence-corrected chi connectivity index (χ4v) is 2.69. The van der Waals surface area contributed by atoms with E-state index in [2.05, 4.69) is 5.32 Å². The number of hydrogen-bond donors (Lipinski definition) is 1. The van der Waals surface area contributed by atoms with Gasteiger partial charge in [-0.05, 0) is 28.3 Å². The van der Waals surface area contributed by atoms with Crippen LogP contribution in [0.3, 0.4) is 0 Å². The van der Waals surface area contributed by atoms with Crippen molar-refractivity contribution in [3.8, 4) is 11.1 Å². The molecular formula is C24H21NO4. The summed E-state index contributed by atoms with van der Waals surface area (Å²) in [6.07, 6.45) is 0.816. The highest BCUT2D eigenvalue weighted by Crippen LogP contribution is 2.20. The second kappa shape index (κ2) is 9.90. The number of amides is 1. The first-order valence-corrected chi connectivity index (χ1v) is 9.09. The first kappa shape index (κ1) is 19.9. The molecule has 0 atom stereocenters. The van der Waals surface area contributed by atoms with E-state index in [1.165, 1.54) is 7.11 Å². The van der Waals surface area contributed by atoms with Crippen LogP contribution in [0.4, 0.5) is 4.79 Å². The van der Waals surface area contributed by atoms with E-state index in [-0.39, 0.29) is 12.3 Å². The summed E-state index contributed by atoms with van der Waals surface area (Å²) in [7, 11) is 1.26. The normalized spacial score (nSPS) is 10.9. The molecular weight excluding hydrogens is 366 g/mol. The van der Waals surface area contributed by atoms with E-state index >= 15 is 0 Å². The quantitative estimate of drug-likeness (QED) is 0.488. The van der Waals surface area contributed by atoms with Crippen molar-refractivity contribution >= 4 is 18.1 Å². The van der Waals surface area contributed by atoms with Crippen LogP contribution in [-0.2, 0) is 20.9 Å². The highest BCUT2D eigenvalue weighted by atomic mass is 16.6. The van der Waals surface area contributed by atoms with Crippen LogP contribution in [0, 0.1) is 0 Å². The Labute approximate surface area is 169 Å². The SMILES string of the molecule is COC(=O)/C(=C\c1ccc(-c2ccccc2)cc1)NC(=O)OCc1ccccc1. The van der Waals surface area contributed by atoms with Gasteiger partial charge in [-0.25, -0.2) is 9.59 Å². The van der Waals surface area contributed by atoms with Crippen LogP contribution in [0.15, 0.2) is 90.6 Å². The van der Waals surface area contributed by atoms with Crippen molar-refractivity contribution in [1.82, 2.24) is 5.32 Å². The molecule has 5 nitrogen and oxygen atoms in total. The van der Waals surface area contributed by atoms with Crippen LogP contribution in [-0.4, -0.2) is 19.2 Å². The van der Waals surface area contributed by atoms with Gasteiger partial charge in [0.05, 0.1) is 7.11 Å². The number of carbonyl (C=O) groups excluding carboxylic acids is 2. The Morgan fingerprint density at radius 1 is 0.828 bits per heavy atom. The molecule has 0 saturated heterocycles. The van der Waals surface area contributed by atoms with Crippen molar-refractivity contribution in [3.05, 3.63) is 102 Å². The zero-order valence-corrected chi connectivity index (χ0v) is 16.0. The first-order chi connectivity index (χ1) is 14.2. The third-order valence-electron chi connectivity index (χ3n) is 4.18. The molecule has 1 amide bonds. The number of benzene rings is 3. The van der Waals surface area contributed by atoms with Gasteiger partial charge in [0.25, 0.3) is 0 Å². The first-order valence-electron chi connectivity index (χ1n) is 9.09. The lowest BCUT2D eigenvalue weighted by Gasteiger charge is -2.09. The van der Waals surface area contributed by atoms with Crippen LogP contribution in [0.25, 0.3) is 17.2 Å². The van der Waals surface area contributed by atoms with Crippen LogP contribution < -0.4 is 5.32 Å². The van der Waals surface area contributed by atoms with Gasteiger partial charge in [0.2, 0.25) is 0 Å². The van der Waals surface area contributed by atoms with Crippen molar-refractivity contribution in [2.24, 2.45) is 0 Å². The van der Waals surface area contributed by atoms with Crippen molar-refractivity contribution in [2.45, 2.75) is 6.61 Å². The molecule has 0 heterocycles. The number of hydrogen-bond acceptors (Lipinski definition) is 4. The Kier molecular flexibility index (Phi) is 6.79. The lowest BCUT2D eigenvalue weighted by atomic mass is 10.0. The predicted molar refractivity (Wildman–Crippen MR) is 112 cm³/mol. The minimum Gasteiger partial charge on any atom is -0.464 e. The van der Waals surface area contributed by atoms with Gasteiger partial charge < -0.3 is 9.47 Å². The van der Waals surface area contributed by atoms with E-state index in [1.807, 2.05) is 84.9 Å². The number of rotatable bonds is 6. The Bertz CT molecular complexity index is 980. The van der Waals surface area contributed by atoms with E-state index in [0.29, 0.717) is 0 Å². The van der Waals surface area contributed by atoms with E-state index in [1.54, 1.807) is 6.08 Å². The van der Waals surface area contributed by atoms with Crippen molar-refractivity contribution in [1.29, 1.82) is 0 Å². The maximum Gasteiger partial charge on any atom is 0.412 e. The molecule has 0 aliphatic carbocycles. The molecule has 0 unspecified atom stereocenters. The van der Waals surface area contributed by atoms with Gasteiger partial charge in [0.15, 0.2) is 0 Å². The molecule has 0 radical (unpaired) electrons. The van der Waals surface area contributed by atoms with Gasteiger partial charge in [-0.15, -0.1) is 0 Å². The minimum atomic E-state index is -0.730. The summed E-state index contributed by atoms with van der Waals surface area (Å²) in [4.78, 5) is 24.1. The highest BCUT2D eigenvalue weighted by molar-refractivity contribution is 5.96. The average molecular weight is 387 g/mol.